The van der Waals surface area contributed by atoms with E-state index in [0.717, 1.165) is 6.42 Å². The zero-order valence-electron chi connectivity index (χ0n) is 16.7. The summed E-state index contributed by atoms with van der Waals surface area (Å²) >= 11 is 1.71. The lowest BCUT2D eigenvalue weighted by molar-refractivity contribution is 0.603. The second-order valence-corrected chi connectivity index (χ2v) is 9.66. The molecule has 2 aromatic rings. The number of nitrogens with zero attached hydrogens (tertiary/aromatic N) is 1. The molecule has 0 saturated heterocycles. The molecule has 28 heavy (non-hydrogen) atoms. The first-order chi connectivity index (χ1) is 13.3. The minimum absolute atomic E-state index is 0.325. The van der Waals surface area contributed by atoms with Crippen LogP contribution in [0.15, 0.2) is 64.0 Å². The van der Waals surface area contributed by atoms with Crippen LogP contribution < -0.4 is 4.72 Å². The molecule has 6 heteroatoms. The fraction of sp³-hybridized carbons (Fsp3) is 0.318. The maximum absolute atomic E-state index is 12.7. The van der Waals surface area contributed by atoms with Crippen molar-refractivity contribution >= 4 is 32.5 Å². The van der Waals surface area contributed by atoms with Gasteiger partial charge in [0.2, 0.25) is 0 Å². The molecule has 0 aliphatic carbocycles. The molecule has 0 unspecified atom stereocenters. The summed E-state index contributed by atoms with van der Waals surface area (Å²) in [6.07, 6.45) is 2.82. The van der Waals surface area contributed by atoms with E-state index in [9.17, 15) is 8.42 Å². The molecule has 0 bridgehead atoms. The molecule has 0 radical (unpaired) electrons. The van der Waals surface area contributed by atoms with Crippen LogP contribution in [0.1, 0.15) is 43.4 Å². The predicted molar refractivity (Wildman–Crippen MR) is 119 cm³/mol. The molecular weight excluding hydrogens is 388 g/mol. The first-order valence-corrected chi connectivity index (χ1v) is 12.0. The van der Waals surface area contributed by atoms with Crippen molar-refractivity contribution in [2.45, 2.75) is 38.0 Å². The highest BCUT2D eigenvalue weighted by Gasteiger charge is 2.32. The van der Waals surface area contributed by atoms with Gasteiger partial charge in [0, 0.05) is 17.0 Å². The number of thioether (sulfide) groups is 1. The maximum Gasteiger partial charge on any atom is 0.264 e. The van der Waals surface area contributed by atoms with Crippen LogP contribution in [0.25, 0.3) is 4.91 Å². The monoisotopic (exact) mass is 414 g/mol. The highest BCUT2D eigenvalue weighted by molar-refractivity contribution is 8.00. The van der Waals surface area contributed by atoms with Gasteiger partial charge in [-0.25, -0.2) is 8.42 Å². The van der Waals surface area contributed by atoms with Crippen molar-refractivity contribution in [1.29, 1.82) is 0 Å². The third kappa shape index (κ3) is 4.50. The Morgan fingerprint density at radius 1 is 1.04 bits per heavy atom. The Bertz CT molecular complexity index is 1000. The van der Waals surface area contributed by atoms with Gasteiger partial charge in [-0.3, -0.25) is 9.71 Å². The molecule has 1 aliphatic rings. The van der Waals surface area contributed by atoms with Crippen LogP contribution in [-0.4, -0.2) is 27.1 Å². The first kappa shape index (κ1) is 20.7. The van der Waals surface area contributed by atoms with Crippen molar-refractivity contribution in [3.63, 3.8) is 0 Å². The largest absolute Gasteiger partial charge is 0.267 e. The van der Waals surface area contributed by atoms with Crippen LogP contribution >= 0.6 is 11.8 Å². The minimum Gasteiger partial charge on any atom is -0.267 e. The fourth-order valence-electron chi connectivity index (χ4n) is 3.19. The van der Waals surface area contributed by atoms with Crippen LogP contribution in [-0.2, 0) is 16.4 Å². The summed E-state index contributed by atoms with van der Waals surface area (Å²) in [5.74, 6) is 0.855. The number of nitrogens with one attached hydrogen (secondary N) is 1. The summed E-state index contributed by atoms with van der Waals surface area (Å²) in [5.41, 5.74) is 3.75. The first-order valence-electron chi connectivity index (χ1n) is 9.33. The summed E-state index contributed by atoms with van der Waals surface area (Å²) in [5, 5.41) is 0. The summed E-state index contributed by atoms with van der Waals surface area (Å²) in [6, 6.07) is 16.1. The molecule has 0 saturated carbocycles. The smallest absolute Gasteiger partial charge is 0.264 e. The van der Waals surface area contributed by atoms with E-state index in [0.29, 0.717) is 34.3 Å². The number of aliphatic imine (C=N–C) groups is 1. The van der Waals surface area contributed by atoms with E-state index in [1.165, 1.54) is 16.0 Å². The predicted octanol–water partition coefficient (Wildman–Crippen LogP) is 4.84. The van der Waals surface area contributed by atoms with Crippen molar-refractivity contribution in [1.82, 2.24) is 4.72 Å². The van der Waals surface area contributed by atoms with Gasteiger partial charge in [0.05, 0.1) is 0 Å². The number of benzene rings is 2. The number of hydrogen-bond acceptors (Lipinski definition) is 4. The van der Waals surface area contributed by atoms with Crippen LogP contribution in [0.4, 0.5) is 0 Å². The van der Waals surface area contributed by atoms with Gasteiger partial charge in [-0.05, 0) is 54.3 Å². The Hall–Kier alpha value is -2.05. The zero-order chi connectivity index (χ0) is 20.3. The van der Waals surface area contributed by atoms with Crippen molar-refractivity contribution in [2.75, 3.05) is 12.8 Å². The number of amidine groups is 1. The molecule has 3 rings (SSSR count). The number of rotatable bonds is 6. The lowest BCUT2D eigenvalue weighted by Gasteiger charge is -2.07. The van der Waals surface area contributed by atoms with E-state index in [4.69, 9.17) is 0 Å². The van der Waals surface area contributed by atoms with Gasteiger partial charge in [-0.15, -0.1) is 11.8 Å². The Morgan fingerprint density at radius 2 is 1.68 bits per heavy atom. The summed E-state index contributed by atoms with van der Waals surface area (Å²) in [6.45, 7) is 6.59. The number of hydrogen-bond donors (Lipinski definition) is 1. The van der Waals surface area contributed by atoms with Crippen molar-refractivity contribution < 1.29 is 8.42 Å². The molecule has 0 fully saturated rings. The van der Waals surface area contributed by atoms with Crippen molar-refractivity contribution in [3.05, 3.63) is 70.8 Å². The van der Waals surface area contributed by atoms with Crippen LogP contribution in [0.5, 0.6) is 0 Å². The minimum atomic E-state index is -3.58. The molecule has 2 aromatic carbocycles. The molecule has 1 aliphatic heterocycles. The van der Waals surface area contributed by atoms with E-state index < -0.39 is 10.0 Å². The van der Waals surface area contributed by atoms with E-state index in [-0.39, 0.29) is 0 Å². The molecular formula is C22H26N2O2S2. The average Bonchev–Trinajstić information content (AvgIpc) is 2.90. The Labute approximate surface area is 172 Å². The molecule has 1 heterocycles. The van der Waals surface area contributed by atoms with E-state index in [2.05, 4.69) is 54.1 Å². The molecule has 0 spiro atoms. The van der Waals surface area contributed by atoms with Crippen LogP contribution in [0, 0.1) is 0 Å². The lowest BCUT2D eigenvalue weighted by atomic mass is 10.0. The summed E-state index contributed by atoms with van der Waals surface area (Å²) in [4.78, 5) is 6.07. The average molecular weight is 415 g/mol. The van der Waals surface area contributed by atoms with Crippen molar-refractivity contribution in [3.8, 4) is 0 Å². The SMILES string of the molecule is CSc1ccc(CCN=C2NS(=O)(=O)C(c3ccc(C(C)C)cc3)=C2C)cc1. The van der Waals surface area contributed by atoms with E-state index in [1.807, 2.05) is 31.2 Å². The van der Waals surface area contributed by atoms with Gasteiger partial charge in [-0.1, -0.05) is 50.2 Å². The van der Waals surface area contributed by atoms with Gasteiger partial charge in [0.1, 0.15) is 10.7 Å². The van der Waals surface area contributed by atoms with Gasteiger partial charge in [-0.2, -0.15) is 0 Å². The zero-order valence-corrected chi connectivity index (χ0v) is 18.3. The van der Waals surface area contributed by atoms with Gasteiger partial charge in [0.25, 0.3) is 10.0 Å². The lowest BCUT2D eigenvalue weighted by Crippen LogP contribution is -2.24. The maximum atomic E-state index is 12.7. The normalized spacial score (nSPS) is 17.4. The van der Waals surface area contributed by atoms with Crippen molar-refractivity contribution in [2.24, 2.45) is 4.99 Å². The second-order valence-electron chi connectivity index (χ2n) is 7.16. The molecule has 4 nitrogen and oxygen atoms in total. The third-order valence-corrected chi connectivity index (χ3v) is 7.15. The van der Waals surface area contributed by atoms with Gasteiger partial charge < -0.3 is 0 Å². The number of sulfonamides is 1. The van der Waals surface area contributed by atoms with Crippen LogP contribution in [0.3, 0.4) is 0 Å². The topological polar surface area (TPSA) is 58.5 Å². The molecule has 148 valence electrons. The van der Waals surface area contributed by atoms with Gasteiger partial charge in [0.15, 0.2) is 0 Å². The molecule has 0 aromatic heterocycles. The van der Waals surface area contributed by atoms with Gasteiger partial charge >= 0.3 is 0 Å². The highest BCUT2D eigenvalue weighted by Crippen LogP contribution is 2.30. The fourth-order valence-corrected chi connectivity index (χ4v) is 5.12. The summed E-state index contributed by atoms with van der Waals surface area (Å²) < 4.78 is 27.9. The molecule has 1 N–H and O–H groups in total. The Morgan fingerprint density at radius 3 is 2.25 bits per heavy atom. The third-order valence-electron chi connectivity index (χ3n) is 4.86. The summed E-state index contributed by atoms with van der Waals surface area (Å²) in [7, 11) is -3.58. The van der Waals surface area contributed by atoms with E-state index >= 15 is 0 Å². The second kappa shape index (κ2) is 8.53. The quantitative estimate of drug-likeness (QED) is 0.688. The Balaban J connectivity index is 1.79. The Kier molecular flexibility index (Phi) is 6.30. The van der Waals surface area contributed by atoms with E-state index in [1.54, 1.807) is 11.8 Å². The highest BCUT2D eigenvalue weighted by atomic mass is 32.2. The standard InChI is InChI=1S/C22H26N2O2S2/c1-15(2)18-7-9-19(10-8-18)21-16(3)22(24-28(21,25)26)23-14-13-17-5-11-20(27-4)12-6-17/h5-12,15H,13-14H2,1-4H3,(H,23,24). The molecule has 0 amide bonds. The van der Waals surface area contributed by atoms with Crippen LogP contribution in [0.2, 0.25) is 0 Å². The molecule has 0 atom stereocenters.